The third kappa shape index (κ3) is 8.24. The molecule has 1 aromatic carbocycles. The van der Waals surface area contributed by atoms with Crippen LogP contribution in [0.2, 0.25) is 0 Å². The lowest BCUT2D eigenvalue weighted by molar-refractivity contribution is -0.142. The normalized spacial score (nSPS) is 12.0. The number of carboxylic acid groups (broad SMARTS) is 1. The van der Waals surface area contributed by atoms with Gasteiger partial charge in [-0.3, -0.25) is 4.79 Å². The smallest absolute Gasteiger partial charge is 0.326 e. The van der Waals surface area contributed by atoms with E-state index in [-0.39, 0.29) is 11.8 Å². The fraction of sp³-hybridized carbons (Fsp3) is 0.556. The number of amides is 1. The Kier molecular flexibility index (Phi) is 8.16. The number of unbranched alkanes of at least 4 members (excludes halogenated alkanes) is 1. The minimum atomic E-state index is -0.977. The predicted octanol–water partition coefficient (Wildman–Crippen LogP) is 3.16. The van der Waals surface area contributed by atoms with Crippen molar-refractivity contribution in [2.45, 2.75) is 52.5 Å². The Bertz CT molecular complexity index is 513. The molecule has 0 aliphatic heterocycles. The number of hydrogen-bond acceptors (Lipinski definition) is 3. The standard InChI is InChI=1S/C18H27NO4/c1-13(2)11-16(18(21)22)19-17(20)9-4-5-10-23-15-8-6-7-14(3)12-15/h6-8,12-13,16H,4-5,9-11H2,1-3H3,(H,19,20)(H,21,22). The zero-order chi connectivity index (χ0) is 17.2. The number of carbonyl (C=O) groups is 2. The summed E-state index contributed by atoms with van der Waals surface area (Å²) in [6, 6.07) is 7.02. The molecular weight excluding hydrogens is 294 g/mol. The topological polar surface area (TPSA) is 75.6 Å². The van der Waals surface area contributed by atoms with E-state index in [4.69, 9.17) is 9.84 Å². The van der Waals surface area contributed by atoms with Crippen molar-refractivity contribution in [3.63, 3.8) is 0 Å². The Morgan fingerprint density at radius 2 is 2.00 bits per heavy atom. The molecule has 1 rings (SSSR count). The third-order valence-electron chi connectivity index (χ3n) is 3.40. The van der Waals surface area contributed by atoms with Gasteiger partial charge in [0, 0.05) is 6.42 Å². The number of aryl methyl sites for hydroxylation is 1. The highest BCUT2D eigenvalue weighted by molar-refractivity contribution is 5.83. The van der Waals surface area contributed by atoms with E-state index in [0.29, 0.717) is 25.9 Å². The van der Waals surface area contributed by atoms with Crippen molar-refractivity contribution in [3.05, 3.63) is 29.8 Å². The maximum Gasteiger partial charge on any atom is 0.326 e. The Morgan fingerprint density at radius 1 is 1.26 bits per heavy atom. The van der Waals surface area contributed by atoms with Crippen molar-refractivity contribution >= 4 is 11.9 Å². The number of carbonyl (C=O) groups excluding carboxylic acids is 1. The molecule has 1 amide bonds. The molecule has 0 fully saturated rings. The van der Waals surface area contributed by atoms with Crippen LogP contribution in [0.1, 0.15) is 45.1 Å². The van der Waals surface area contributed by atoms with Crippen LogP contribution < -0.4 is 10.1 Å². The first-order valence-electron chi connectivity index (χ1n) is 8.10. The molecular formula is C18H27NO4. The summed E-state index contributed by atoms with van der Waals surface area (Å²) in [7, 11) is 0. The number of nitrogens with one attached hydrogen (secondary N) is 1. The minimum Gasteiger partial charge on any atom is -0.494 e. The molecule has 0 saturated carbocycles. The molecule has 0 bridgehead atoms. The number of ether oxygens (including phenoxy) is 1. The monoisotopic (exact) mass is 321 g/mol. The molecule has 1 aromatic rings. The second kappa shape index (κ2) is 9.87. The highest BCUT2D eigenvalue weighted by Crippen LogP contribution is 2.13. The van der Waals surface area contributed by atoms with E-state index >= 15 is 0 Å². The van der Waals surface area contributed by atoms with E-state index in [1.165, 1.54) is 0 Å². The van der Waals surface area contributed by atoms with Gasteiger partial charge < -0.3 is 15.2 Å². The van der Waals surface area contributed by atoms with Crippen LogP contribution in [0.25, 0.3) is 0 Å². The maximum atomic E-state index is 11.8. The fourth-order valence-electron chi connectivity index (χ4n) is 2.24. The first kappa shape index (κ1) is 19.0. The number of rotatable bonds is 10. The number of aliphatic carboxylic acids is 1. The molecule has 0 radical (unpaired) electrons. The summed E-state index contributed by atoms with van der Waals surface area (Å²) in [6.45, 7) is 6.42. The lowest BCUT2D eigenvalue weighted by Gasteiger charge is -2.16. The van der Waals surface area contributed by atoms with Gasteiger partial charge in [-0.2, -0.15) is 0 Å². The summed E-state index contributed by atoms with van der Waals surface area (Å²) in [5.74, 6) is -0.139. The summed E-state index contributed by atoms with van der Waals surface area (Å²) in [5, 5.41) is 11.7. The van der Waals surface area contributed by atoms with Gasteiger partial charge in [0.15, 0.2) is 0 Å². The predicted molar refractivity (Wildman–Crippen MR) is 89.5 cm³/mol. The highest BCUT2D eigenvalue weighted by Gasteiger charge is 2.20. The summed E-state index contributed by atoms with van der Waals surface area (Å²) in [4.78, 5) is 22.9. The first-order chi connectivity index (χ1) is 10.9. The van der Waals surface area contributed by atoms with Crippen molar-refractivity contribution in [1.82, 2.24) is 5.32 Å². The van der Waals surface area contributed by atoms with Crippen molar-refractivity contribution in [2.75, 3.05) is 6.61 Å². The van der Waals surface area contributed by atoms with Crippen LogP contribution in [0.15, 0.2) is 24.3 Å². The maximum absolute atomic E-state index is 11.8. The van der Waals surface area contributed by atoms with Crippen LogP contribution in [0.3, 0.4) is 0 Å². The summed E-state index contributed by atoms with van der Waals surface area (Å²) >= 11 is 0. The highest BCUT2D eigenvalue weighted by atomic mass is 16.5. The molecule has 0 aliphatic rings. The van der Waals surface area contributed by atoms with Crippen LogP contribution in [0.4, 0.5) is 0 Å². The molecule has 0 aliphatic carbocycles. The molecule has 1 unspecified atom stereocenters. The molecule has 5 heteroatoms. The molecule has 128 valence electrons. The van der Waals surface area contributed by atoms with E-state index < -0.39 is 12.0 Å². The van der Waals surface area contributed by atoms with Gasteiger partial charge in [0.25, 0.3) is 0 Å². The van der Waals surface area contributed by atoms with Gasteiger partial charge >= 0.3 is 5.97 Å². The van der Waals surface area contributed by atoms with Crippen molar-refractivity contribution in [1.29, 1.82) is 0 Å². The second-order valence-corrected chi connectivity index (χ2v) is 6.21. The summed E-state index contributed by atoms with van der Waals surface area (Å²) in [6.07, 6.45) is 2.19. The molecule has 23 heavy (non-hydrogen) atoms. The van der Waals surface area contributed by atoms with Crippen LogP contribution in [-0.4, -0.2) is 29.6 Å². The molecule has 0 heterocycles. The first-order valence-corrected chi connectivity index (χ1v) is 8.10. The van der Waals surface area contributed by atoms with Gasteiger partial charge in [-0.25, -0.2) is 4.79 Å². The minimum absolute atomic E-state index is 0.214. The lowest BCUT2D eigenvalue weighted by atomic mass is 10.0. The van der Waals surface area contributed by atoms with E-state index in [1.807, 2.05) is 45.0 Å². The van der Waals surface area contributed by atoms with Gasteiger partial charge in [0.05, 0.1) is 6.61 Å². The van der Waals surface area contributed by atoms with Crippen molar-refractivity contribution in [2.24, 2.45) is 5.92 Å². The Morgan fingerprint density at radius 3 is 2.61 bits per heavy atom. The summed E-state index contributed by atoms with van der Waals surface area (Å²) in [5.41, 5.74) is 1.15. The zero-order valence-electron chi connectivity index (χ0n) is 14.2. The molecule has 0 aromatic heterocycles. The third-order valence-corrected chi connectivity index (χ3v) is 3.40. The van der Waals surface area contributed by atoms with E-state index in [2.05, 4.69) is 5.32 Å². The Labute approximate surface area is 138 Å². The molecule has 0 spiro atoms. The molecule has 2 N–H and O–H groups in total. The van der Waals surface area contributed by atoms with E-state index in [1.54, 1.807) is 0 Å². The average molecular weight is 321 g/mol. The van der Waals surface area contributed by atoms with Gasteiger partial charge in [0.1, 0.15) is 11.8 Å². The quantitative estimate of drug-likeness (QED) is 0.649. The van der Waals surface area contributed by atoms with Crippen LogP contribution in [0.5, 0.6) is 5.75 Å². The molecule has 1 atom stereocenters. The second-order valence-electron chi connectivity index (χ2n) is 6.21. The fourth-order valence-corrected chi connectivity index (χ4v) is 2.24. The molecule has 0 saturated heterocycles. The molecule has 5 nitrogen and oxygen atoms in total. The van der Waals surface area contributed by atoms with Crippen molar-refractivity contribution < 1.29 is 19.4 Å². The zero-order valence-corrected chi connectivity index (χ0v) is 14.2. The van der Waals surface area contributed by atoms with Crippen molar-refractivity contribution in [3.8, 4) is 5.75 Å². The number of hydrogen-bond donors (Lipinski definition) is 2. The van der Waals surface area contributed by atoms with Gasteiger partial charge in [-0.05, 0) is 49.8 Å². The van der Waals surface area contributed by atoms with Crippen LogP contribution >= 0.6 is 0 Å². The van der Waals surface area contributed by atoms with Crippen LogP contribution in [0, 0.1) is 12.8 Å². The average Bonchev–Trinajstić information content (AvgIpc) is 2.45. The number of carboxylic acids is 1. The Hall–Kier alpha value is -2.04. The van der Waals surface area contributed by atoms with Gasteiger partial charge in [0.2, 0.25) is 5.91 Å². The Balaban J connectivity index is 2.21. The largest absolute Gasteiger partial charge is 0.494 e. The van der Waals surface area contributed by atoms with E-state index in [0.717, 1.165) is 17.7 Å². The number of benzene rings is 1. The summed E-state index contributed by atoms with van der Waals surface area (Å²) < 4.78 is 5.61. The SMILES string of the molecule is Cc1cccc(OCCCCC(=O)NC(CC(C)C)C(=O)O)c1. The van der Waals surface area contributed by atoms with Gasteiger partial charge in [-0.15, -0.1) is 0 Å². The van der Waals surface area contributed by atoms with Gasteiger partial charge in [-0.1, -0.05) is 26.0 Å². The van der Waals surface area contributed by atoms with Crippen LogP contribution in [-0.2, 0) is 9.59 Å². The lowest BCUT2D eigenvalue weighted by Crippen LogP contribution is -2.41. The van der Waals surface area contributed by atoms with E-state index in [9.17, 15) is 9.59 Å².